The number of phenolic OH excluding ortho intramolecular Hbond substituents is 1. The van der Waals surface area contributed by atoms with E-state index in [1.54, 1.807) is 12.1 Å². The van der Waals surface area contributed by atoms with Crippen molar-refractivity contribution in [1.29, 1.82) is 0 Å². The van der Waals surface area contributed by atoms with Crippen molar-refractivity contribution >= 4 is 40.7 Å². The number of benzene rings is 1. The molecule has 1 aliphatic rings. The van der Waals surface area contributed by atoms with E-state index >= 15 is 0 Å². The number of hydrogen-bond acceptors (Lipinski definition) is 4. The molecule has 1 aromatic rings. The first-order valence-corrected chi connectivity index (χ1v) is 10.7. The lowest BCUT2D eigenvalue weighted by molar-refractivity contribution is 0.373. The quantitative estimate of drug-likeness (QED) is 0.299. The van der Waals surface area contributed by atoms with Crippen molar-refractivity contribution < 1.29 is 14.1 Å². The number of nitrogens with zero attached hydrogens (tertiary/aromatic N) is 1. The van der Waals surface area contributed by atoms with Crippen molar-refractivity contribution in [1.82, 2.24) is 10.6 Å². The second-order valence-electron chi connectivity index (χ2n) is 6.50. The zero-order valence-electron chi connectivity index (χ0n) is 16.4. The summed E-state index contributed by atoms with van der Waals surface area (Å²) in [6.45, 7) is 5.26. The minimum absolute atomic E-state index is 0. The van der Waals surface area contributed by atoms with Crippen molar-refractivity contribution in [3.63, 3.8) is 0 Å². The highest BCUT2D eigenvalue weighted by atomic mass is 127. The number of rotatable bonds is 7. The van der Waals surface area contributed by atoms with Gasteiger partial charge in [-0.2, -0.15) is 0 Å². The van der Waals surface area contributed by atoms with E-state index < -0.39 is 10.8 Å². The third-order valence-corrected chi connectivity index (χ3v) is 6.37. The van der Waals surface area contributed by atoms with Crippen LogP contribution in [0.5, 0.6) is 11.5 Å². The minimum Gasteiger partial charge on any atom is -0.504 e. The molecule has 8 heteroatoms. The van der Waals surface area contributed by atoms with Crippen LogP contribution < -0.4 is 15.4 Å². The number of phenols is 1. The molecule has 0 radical (unpaired) electrons. The maximum Gasteiger partial charge on any atom is 0.191 e. The Bertz CT molecular complexity index is 643. The largest absolute Gasteiger partial charge is 0.504 e. The summed E-state index contributed by atoms with van der Waals surface area (Å²) in [5.41, 5.74) is 0.911. The fraction of sp³-hybridized carbons (Fsp3) is 0.632. The lowest BCUT2D eigenvalue weighted by Crippen LogP contribution is -2.46. The number of halogens is 1. The smallest absolute Gasteiger partial charge is 0.191 e. The van der Waals surface area contributed by atoms with Crippen LogP contribution in [0.3, 0.4) is 0 Å². The number of aromatic hydroxyl groups is 1. The lowest BCUT2D eigenvalue weighted by Gasteiger charge is -2.30. The topological polar surface area (TPSA) is 83.0 Å². The molecule has 0 bridgehead atoms. The molecule has 0 aromatic heterocycles. The maximum atomic E-state index is 12.1. The van der Waals surface area contributed by atoms with Gasteiger partial charge >= 0.3 is 0 Å². The zero-order valence-corrected chi connectivity index (χ0v) is 19.5. The van der Waals surface area contributed by atoms with Crippen LogP contribution in [0.25, 0.3) is 0 Å². The van der Waals surface area contributed by atoms with E-state index in [4.69, 9.17) is 4.74 Å². The Hall–Kier alpha value is -1.03. The SMILES string of the molecule is CCNC(=NCc1ccc(OC)c(O)c1)NC1CCCC(S(=O)CC)C1.I. The molecule has 0 spiro atoms. The first kappa shape index (κ1) is 24.0. The lowest BCUT2D eigenvalue weighted by atomic mass is 9.95. The van der Waals surface area contributed by atoms with Gasteiger partial charge in [0.1, 0.15) is 0 Å². The predicted octanol–water partition coefficient (Wildman–Crippen LogP) is 3.15. The molecular weight excluding hydrogens is 477 g/mol. The number of guanidine groups is 1. The number of ether oxygens (including phenoxy) is 1. The molecule has 6 nitrogen and oxygen atoms in total. The van der Waals surface area contributed by atoms with Crippen LogP contribution in [0.15, 0.2) is 23.2 Å². The highest BCUT2D eigenvalue weighted by Gasteiger charge is 2.26. The molecule has 2 rings (SSSR count). The number of hydrogen-bond donors (Lipinski definition) is 3. The second kappa shape index (κ2) is 12.4. The maximum absolute atomic E-state index is 12.1. The van der Waals surface area contributed by atoms with E-state index in [0.717, 1.165) is 49.5 Å². The third kappa shape index (κ3) is 7.48. The summed E-state index contributed by atoms with van der Waals surface area (Å²) in [4.78, 5) is 4.63. The van der Waals surface area contributed by atoms with Gasteiger partial charge in [0.2, 0.25) is 0 Å². The molecule has 1 fully saturated rings. The van der Waals surface area contributed by atoms with E-state index in [-0.39, 0.29) is 35.0 Å². The summed E-state index contributed by atoms with van der Waals surface area (Å²) in [7, 11) is 0.799. The van der Waals surface area contributed by atoms with E-state index in [1.807, 2.05) is 19.9 Å². The van der Waals surface area contributed by atoms with Gasteiger partial charge in [-0.15, -0.1) is 24.0 Å². The number of aliphatic imine (C=N–C) groups is 1. The third-order valence-electron chi connectivity index (χ3n) is 4.63. The van der Waals surface area contributed by atoms with Crippen LogP contribution in [-0.2, 0) is 17.3 Å². The molecule has 3 N–H and O–H groups in total. The Kier molecular flexibility index (Phi) is 11.1. The molecule has 0 amide bonds. The molecule has 154 valence electrons. The molecule has 1 aliphatic carbocycles. The molecule has 1 saturated carbocycles. The first-order valence-electron chi connectivity index (χ1n) is 9.35. The minimum atomic E-state index is -0.732. The molecule has 3 unspecified atom stereocenters. The van der Waals surface area contributed by atoms with Crippen molar-refractivity contribution in [2.75, 3.05) is 19.4 Å². The standard InChI is InChI=1S/C19H31N3O3S.HI/c1-4-20-19(21-13-14-9-10-18(25-3)17(23)11-14)22-15-7-6-8-16(12-15)26(24)5-2;/h9-11,15-16,23H,4-8,12-13H2,1-3H3,(H2,20,21,22);1H. The van der Waals surface area contributed by atoms with Crippen molar-refractivity contribution in [3.05, 3.63) is 23.8 Å². The van der Waals surface area contributed by atoms with Crippen LogP contribution in [0.4, 0.5) is 0 Å². The first-order chi connectivity index (χ1) is 12.6. The van der Waals surface area contributed by atoms with E-state index in [1.165, 1.54) is 7.11 Å². The van der Waals surface area contributed by atoms with E-state index in [2.05, 4.69) is 15.6 Å². The summed E-state index contributed by atoms with van der Waals surface area (Å²) >= 11 is 0. The van der Waals surface area contributed by atoms with Gasteiger partial charge in [-0.25, -0.2) is 4.99 Å². The average Bonchev–Trinajstić information content (AvgIpc) is 2.66. The fourth-order valence-electron chi connectivity index (χ4n) is 3.27. The highest BCUT2D eigenvalue weighted by Crippen LogP contribution is 2.26. The summed E-state index contributed by atoms with van der Waals surface area (Å²) < 4.78 is 17.2. The molecule has 1 aromatic carbocycles. The van der Waals surface area contributed by atoms with E-state index in [0.29, 0.717) is 18.3 Å². The van der Waals surface area contributed by atoms with Crippen LogP contribution in [0.2, 0.25) is 0 Å². The Morgan fingerprint density at radius 2 is 2.15 bits per heavy atom. The summed E-state index contributed by atoms with van der Waals surface area (Å²) in [5.74, 6) is 2.07. The van der Waals surface area contributed by atoms with Crippen molar-refractivity contribution in [2.24, 2.45) is 4.99 Å². The molecular formula is C19H32IN3O3S. The predicted molar refractivity (Wildman–Crippen MR) is 123 cm³/mol. The van der Waals surface area contributed by atoms with Gasteiger partial charge in [0.15, 0.2) is 17.5 Å². The van der Waals surface area contributed by atoms with Gasteiger partial charge in [0.25, 0.3) is 0 Å². The Labute approximate surface area is 182 Å². The van der Waals surface area contributed by atoms with Crippen LogP contribution >= 0.6 is 24.0 Å². The van der Waals surface area contributed by atoms with E-state index in [9.17, 15) is 9.32 Å². The molecule has 0 saturated heterocycles. The highest BCUT2D eigenvalue weighted by molar-refractivity contribution is 14.0. The van der Waals surface area contributed by atoms with Gasteiger partial charge in [0.05, 0.1) is 13.7 Å². The summed E-state index contributed by atoms with van der Waals surface area (Å²) in [6.07, 6.45) is 4.15. The average molecular weight is 509 g/mol. The Balaban J connectivity index is 0.00000364. The van der Waals surface area contributed by atoms with Gasteiger partial charge in [-0.1, -0.05) is 19.4 Å². The van der Waals surface area contributed by atoms with Gasteiger partial charge in [-0.3, -0.25) is 4.21 Å². The van der Waals surface area contributed by atoms with Crippen molar-refractivity contribution in [2.45, 2.75) is 57.4 Å². The second-order valence-corrected chi connectivity index (χ2v) is 8.51. The molecule has 27 heavy (non-hydrogen) atoms. The zero-order chi connectivity index (χ0) is 18.9. The number of nitrogens with one attached hydrogen (secondary N) is 2. The van der Waals surface area contributed by atoms with Gasteiger partial charge in [0, 0.05) is 34.4 Å². The molecule has 0 heterocycles. The monoisotopic (exact) mass is 509 g/mol. The normalized spacial score (nSPS) is 21.1. The van der Waals surface area contributed by atoms with Crippen LogP contribution in [-0.4, -0.2) is 46.0 Å². The van der Waals surface area contributed by atoms with Crippen LogP contribution in [0, 0.1) is 0 Å². The Morgan fingerprint density at radius 1 is 1.37 bits per heavy atom. The van der Waals surface area contributed by atoms with Gasteiger partial charge in [-0.05, 0) is 43.9 Å². The van der Waals surface area contributed by atoms with Crippen molar-refractivity contribution in [3.8, 4) is 11.5 Å². The van der Waals surface area contributed by atoms with Gasteiger partial charge < -0.3 is 20.5 Å². The number of methoxy groups -OCH3 is 1. The summed E-state index contributed by atoms with van der Waals surface area (Å²) in [6, 6.07) is 5.61. The molecule has 3 atom stereocenters. The molecule has 0 aliphatic heterocycles. The van der Waals surface area contributed by atoms with Crippen LogP contribution in [0.1, 0.15) is 45.1 Å². The fourth-order valence-corrected chi connectivity index (χ4v) is 4.62. The Morgan fingerprint density at radius 3 is 2.78 bits per heavy atom. The summed E-state index contributed by atoms with van der Waals surface area (Å²) in [5, 5.41) is 16.9.